The van der Waals surface area contributed by atoms with Gasteiger partial charge in [-0.15, -0.1) is 0 Å². The zero-order valence-electron chi connectivity index (χ0n) is 13.4. The Kier molecular flexibility index (Phi) is 4.86. The number of amides is 1. The first-order chi connectivity index (χ1) is 12.1. The molecule has 0 saturated carbocycles. The number of anilines is 1. The van der Waals surface area contributed by atoms with Gasteiger partial charge in [0.1, 0.15) is 11.3 Å². The molecule has 0 fully saturated rings. The summed E-state index contributed by atoms with van der Waals surface area (Å²) < 4.78 is 5.19. The van der Waals surface area contributed by atoms with Gasteiger partial charge in [-0.1, -0.05) is 35.9 Å². The van der Waals surface area contributed by atoms with Crippen molar-refractivity contribution in [1.29, 1.82) is 0 Å². The number of aromatic nitrogens is 1. The average molecular weight is 355 g/mol. The Morgan fingerprint density at radius 2 is 1.76 bits per heavy atom. The molecule has 5 nitrogen and oxygen atoms in total. The molecule has 1 amide bonds. The summed E-state index contributed by atoms with van der Waals surface area (Å²) in [4.78, 5) is 27.4. The maximum atomic E-state index is 12.4. The number of nitrogens with one attached hydrogen (secondary N) is 2. The molecule has 0 unspecified atom stereocenters. The lowest BCUT2D eigenvalue weighted by molar-refractivity contribution is 0.102. The Balaban J connectivity index is 1.87. The second kappa shape index (κ2) is 7.23. The van der Waals surface area contributed by atoms with Crippen molar-refractivity contribution in [3.63, 3.8) is 0 Å². The van der Waals surface area contributed by atoms with E-state index in [9.17, 15) is 9.59 Å². The number of carbonyl (C=O) groups excluding carboxylic acids is 1. The molecule has 126 valence electrons. The van der Waals surface area contributed by atoms with Gasteiger partial charge in [-0.05, 0) is 42.0 Å². The number of pyridine rings is 1. The van der Waals surface area contributed by atoms with E-state index in [4.69, 9.17) is 16.3 Å². The van der Waals surface area contributed by atoms with Crippen LogP contribution in [0.2, 0.25) is 5.02 Å². The molecule has 0 radical (unpaired) electrons. The predicted octanol–water partition coefficient (Wildman–Crippen LogP) is 3.96. The lowest BCUT2D eigenvalue weighted by Gasteiger charge is -2.10. The standard InChI is InChI=1S/C19H15ClN2O3/c1-25-17-5-3-2-4-16(17)22-19(24)14-10-11-15(21-18(14)23)12-6-8-13(20)9-7-12/h2-11H,1H3,(H,21,23)(H,22,24). The highest BCUT2D eigenvalue weighted by atomic mass is 35.5. The molecule has 3 aromatic rings. The fraction of sp³-hybridized carbons (Fsp3) is 0.0526. The van der Waals surface area contributed by atoms with Gasteiger partial charge >= 0.3 is 0 Å². The van der Waals surface area contributed by atoms with E-state index in [2.05, 4.69) is 10.3 Å². The van der Waals surface area contributed by atoms with Crippen molar-refractivity contribution in [3.8, 4) is 17.0 Å². The van der Waals surface area contributed by atoms with E-state index < -0.39 is 11.5 Å². The largest absolute Gasteiger partial charge is 0.495 e. The summed E-state index contributed by atoms with van der Waals surface area (Å²) >= 11 is 5.86. The molecule has 0 aliphatic rings. The summed E-state index contributed by atoms with van der Waals surface area (Å²) in [5.41, 5.74) is 1.45. The van der Waals surface area contributed by atoms with Crippen molar-refractivity contribution < 1.29 is 9.53 Å². The highest BCUT2D eigenvalue weighted by molar-refractivity contribution is 6.30. The van der Waals surface area contributed by atoms with Crippen molar-refractivity contribution in [3.05, 3.63) is 81.6 Å². The maximum absolute atomic E-state index is 12.4. The molecule has 0 bridgehead atoms. The molecule has 1 aromatic heterocycles. The molecular formula is C19H15ClN2O3. The van der Waals surface area contributed by atoms with Crippen LogP contribution in [0.1, 0.15) is 10.4 Å². The number of rotatable bonds is 4. The Hall–Kier alpha value is -3.05. The van der Waals surface area contributed by atoms with Gasteiger partial charge in [-0.25, -0.2) is 0 Å². The van der Waals surface area contributed by atoms with Crippen LogP contribution in [0, 0.1) is 0 Å². The molecule has 0 spiro atoms. The van der Waals surface area contributed by atoms with Gasteiger partial charge in [0.15, 0.2) is 0 Å². The SMILES string of the molecule is COc1ccccc1NC(=O)c1ccc(-c2ccc(Cl)cc2)[nH]c1=O. The third-order valence-corrected chi connectivity index (χ3v) is 3.92. The minimum atomic E-state index is -0.506. The Bertz CT molecular complexity index is 965. The maximum Gasteiger partial charge on any atom is 0.261 e. The van der Waals surface area contributed by atoms with Gasteiger partial charge in [0.05, 0.1) is 12.8 Å². The number of aromatic amines is 1. The third-order valence-electron chi connectivity index (χ3n) is 3.66. The van der Waals surface area contributed by atoms with Gasteiger partial charge in [0, 0.05) is 10.7 Å². The zero-order chi connectivity index (χ0) is 17.8. The van der Waals surface area contributed by atoms with Crippen molar-refractivity contribution in [2.45, 2.75) is 0 Å². The molecule has 2 aromatic carbocycles. The smallest absolute Gasteiger partial charge is 0.261 e. The summed E-state index contributed by atoms with van der Waals surface area (Å²) in [6.45, 7) is 0. The van der Waals surface area contributed by atoms with E-state index in [0.717, 1.165) is 5.56 Å². The number of carbonyl (C=O) groups is 1. The highest BCUT2D eigenvalue weighted by Gasteiger charge is 2.13. The molecule has 0 aliphatic heterocycles. The van der Waals surface area contributed by atoms with Crippen LogP contribution in [0.5, 0.6) is 5.75 Å². The fourth-order valence-corrected chi connectivity index (χ4v) is 2.51. The van der Waals surface area contributed by atoms with E-state index in [-0.39, 0.29) is 5.56 Å². The number of hydrogen-bond donors (Lipinski definition) is 2. The van der Waals surface area contributed by atoms with Crippen LogP contribution < -0.4 is 15.6 Å². The van der Waals surface area contributed by atoms with Gasteiger partial charge in [0.25, 0.3) is 11.5 Å². The van der Waals surface area contributed by atoms with E-state index >= 15 is 0 Å². The van der Waals surface area contributed by atoms with Crippen molar-refractivity contribution in [2.24, 2.45) is 0 Å². The molecular weight excluding hydrogens is 340 g/mol. The van der Waals surface area contributed by atoms with E-state index in [1.807, 2.05) is 0 Å². The zero-order valence-corrected chi connectivity index (χ0v) is 14.1. The number of hydrogen-bond acceptors (Lipinski definition) is 3. The number of ether oxygens (including phenoxy) is 1. The molecule has 1 heterocycles. The van der Waals surface area contributed by atoms with Crippen LogP contribution in [0.4, 0.5) is 5.69 Å². The van der Waals surface area contributed by atoms with Crippen LogP contribution in [0.25, 0.3) is 11.3 Å². The number of para-hydroxylation sites is 2. The summed E-state index contributed by atoms with van der Waals surface area (Å²) in [7, 11) is 1.51. The third kappa shape index (κ3) is 3.72. The highest BCUT2D eigenvalue weighted by Crippen LogP contribution is 2.23. The second-order valence-corrected chi connectivity index (χ2v) is 5.71. The van der Waals surface area contributed by atoms with Crippen molar-refractivity contribution >= 4 is 23.2 Å². The lowest BCUT2D eigenvalue weighted by atomic mass is 10.1. The lowest BCUT2D eigenvalue weighted by Crippen LogP contribution is -2.23. The molecule has 0 aliphatic carbocycles. The first kappa shape index (κ1) is 16.8. The van der Waals surface area contributed by atoms with Gasteiger partial charge in [-0.3, -0.25) is 9.59 Å². The predicted molar refractivity (Wildman–Crippen MR) is 98.5 cm³/mol. The van der Waals surface area contributed by atoms with Crippen LogP contribution in [-0.4, -0.2) is 18.0 Å². The van der Waals surface area contributed by atoms with Crippen molar-refractivity contribution in [1.82, 2.24) is 4.98 Å². The first-order valence-corrected chi connectivity index (χ1v) is 7.90. The summed E-state index contributed by atoms with van der Waals surface area (Å²) in [5.74, 6) is 0.0125. The number of benzene rings is 2. The molecule has 25 heavy (non-hydrogen) atoms. The normalized spacial score (nSPS) is 10.3. The van der Waals surface area contributed by atoms with Gasteiger partial charge in [0.2, 0.25) is 0 Å². The second-order valence-electron chi connectivity index (χ2n) is 5.28. The van der Waals surface area contributed by atoms with E-state index in [1.165, 1.54) is 13.2 Å². The molecule has 6 heteroatoms. The summed E-state index contributed by atoms with van der Waals surface area (Å²) in [5, 5.41) is 3.29. The quantitative estimate of drug-likeness (QED) is 0.745. The minimum absolute atomic E-state index is 0.0172. The Labute approximate surface area is 149 Å². The summed E-state index contributed by atoms with van der Waals surface area (Å²) in [6, 6.07) is 17.2. The fourth-order valence-electron chi connectivity index (χ4n) is 2.39. The van der Waals surface area contributed by atoms with Gasteiger partial charge in [-0.2, -0.15) is 0 Å². The number of halogens is 1. The minimum Gasteiger partial charge on any atom is -0.495 e. The van der Waals surface area contributed by atoms with E-state index in [0.29, 0.717) is 22.2 Å². The van der Waals surface area contributed by atoms with Crippen molar-refractivity contribution in [2.75, 3.05) is 12.4 Å². The molecule has 2 N–H and O–H groups in total. The summed E-state index contributed by atoms with van der Waals surface area (Å²) in [6.07, 6.45) is 0. The first-order valence-electron chi connectivity index (χ1n) is 7.52. The molecule has 0 atom stereocenters. The number of H-pyrrole nitrogens is 1. The van der Waals surface area contributed by atoms with Gasteiger partial charge < -0.3 is 15.0 Å². The average Bonchev–Trinajstić information content (AvgIpc) is 2.62. The van der Waals surface area contributed by atoms with Crippen LogP contribution >= 0.6 is 11.6 Å². The monoisotopic (exact) mass is 354 g/mol. The topological polar surface area (TPSA) is 71.2 Å². The Morgan fingerprint density at radius 1 is 1.04 bits per heavy atom. The number of methoxy groups -OCH3 is 1. The van der Waals surface area contributed by atoms with Crippen LogP contribution in [-0.2, 0) is 0 Å². The molecule has 0 saturated heterocycles. The Morgan fingerprint density at radius 3 is 2.44 bits per heavy atom. The van der Waals surface area contributed by atoms with E-state index in [1.54, 1.807) is 54.6 Å². The van der Waals surface area contributed by atoms with Crippen LogP contribution in [0.3, 0.4) is 0 Å². The van der Waals surface area contributed by atoms with Crippen LogP contribution in [0.15, 0.2) is 65.5 Å². The molecule has 3 rings (SSSR count).